The molecule has 1 aliphatic rings. The first-order valence-electron chi connectivity index (χ1n) is 5.09. The monoisotopic (exact) mass is 279 g/mol. The van der Waals surface area contributed by atoms with Gasteiger partial charge >= 0.3 is 6.09 Å². The lowest BCUT2D eigenvalue weighted by atomic mass is 10.2. The third kappa shape index (κ3) is 3.34. The van der Waals surface area contributed by atoms with E-state index in [2.05, 4.69) is 15.9 Å². The number of ether oxygens (including phenoxy) is 1. The van der Waals surface area contributed by atoms with Crippen molar-refractivity contribution in [2.24, 2.45) is 0 Å². The second-order valence-electron chi connectivity index (χ2n) is 4.75. The summed E-state index contributed by atoms with van der Waals surface area (Å²) >= 11 is 3.30. The molecule has 5 heteroatoms. The van der Waals surface area contributed by atoms with Crippen molar-refractivity contribution in [3.63, 3.8) is 0 Å². The molecule has 1 N–H and O–H groups in total. The molecule has 1 rings (SSSR count). The molecule has 0 aromatic carbocycles. The Kier molecular flexibility index (Phi) is 4.00. The van der Waals surface area contributed by atoms with Gasteiger partial charge in [0.15, 0.2) is 0 Å². The molecular formula is C10H18BrNO3. The van der Waals surface area contributed by atoms with E-state index in [-0.39, 0.29) is 12.1 Å². The molecule has 0 aromatic rings. The maximum atomic E-state index is 11.7. The van der Waals surface area contributed by atoms with E-state index in [9.17, 15) is 9.90 Å². The number of hydrogen-bond acceptors (Lipinski definition) is 3. The predicted molar refractivity (Wildman–Crippen MR) is 61.1 cm³/mol. The second kappa shape index (κ2) is 4.70. The van der Waals surface area contributed by atoms with E-state index in [0.29, 0.717) is 18.3 Å². The first-order valence-corrected chi connectivity index (χ1v) is 6.21. The van der Waals surface area contributed by atoms with Gasteiger partial charge in [-0.3, -0.25) is 0 Å². The summed E-state index contributed by atoms with van der Waals surface area (Å²) in [6, 6.07) is -0.167. The zero-order valence-electron chi connectivity index (χ0n) is 9.36. The quantitative estimate of drug-likeness (QED) is 0.744. The number of carbonyl (C=O) groups excluding carboxylic acids is 1. The van der Waals surface area contributed by atoms with Crippen molar-refractivity contribution in [1.29, 1.82) is 0 Å². The lowest BCUT2D eigenvalue weighted by Crippen LogP contribution is -2.43. The van der Waals surface area contributed by atoms with Crippen molar-refractivity contribution in [2.45, 2.75) is 44.9 Å². The number of rotatable bonds is 1. The van der Waals surface area contributed by atoms with Gasteiger partial charge in [0, 0.05) is 11.9 Å². The van der Waals surface area contributed by atoms with Gasteiger partial charge in [0.25, 0.3) is 0 Å². The molecule has 15 heavy (non-hydrogen) atoms. The first-order chi connectivity index (χ1) is 6.85. The van der Waals surface area contributed by atoms with Crippen LogP contribution >= 0.6 is 15.9 Å². The van der Waals surface area contributed by atoms with Gasteiger partial charge in [0.2, 0.25) is 0 Å². The maximum absolute atomic E-state index is 11.7. The highest BCUT2D eigenvalue weighted by Crippen LogP contribution is 2.22. The average Bonchev–Trinajstić information content (AvgIpc) is 2.43. The molecule has 1 fully saturated rings. The van der Waals surface area contributed by atoms with Crippen LogP contribution in [0.5, 0.6) is 0 Å². The molecule has 0 bridgehead atoms. The van der Waals surface area contributed by atoms with Gasteiger partial charge in [-0.1, -0.05) is 15.9 Å². The van der Waals surface area contributed by atoms with Crippen LogP contribution in [0.2, 0.25) is 0 Å². The van der Waals surface area contributed by atoms with E-state index >= 15 is 0 Å². The summed E-state index contributed by atoms with van der Waals surface area (Å²) in [7, 11) is 0. The van der Waals surface area contributed by atoms with Crippen molar-refractivity contribution in [2.75, 3.05) is 11.9 Å². The Hall–Kier alpha value is -0.290. The molecular weight excluding hydrogens is 262 g/mol. The van der Waals surface area contributed by atoms with E-state index in [1.165, 1.54) is 0 Å². The summed E-state index contributed by atoms with van der Waals surface area (Å²) in [5.41, 5.74) is -0.485. The predicted octanol–water partition coefficient (Wildman–Crippen LogP) is 1.75. The fraction of sp³-hybridized carbons (Fsp3) is 0.900. The Morgan fingerprint density at radius 3 is 2.67 bits per heavy atom. The minimum Gasteiger partial charge on any atom is -0.444 e. The highest BCUT2D eigenvalue weighted by atomic mass is 79.9. The highest BCUT2D eigenvalue weighted by molar-refractivity contribution is 9.09. The van der Waals surface area contributed by atoms with Gasteiger partial charge in [-0.05, 0) is 27.2 Å². The van der Waals surface area contributed by atoms with Crippen LogP contribution in [0.4, 0.5) is 4.79 Å². The average molecular weight is 280 g/mol. The van der Waals surface area contributed by atoms with Crippen LogP contribution in [-0.2, 0) is 4.74 Å². The van der Waals surface area contributed by atoms with Crippen molar-refractivity contribution < 1.29 is 14.6 Å². The molecule has 0 spiro atoms. The number of aliphatic hydroxyl groups excluding tert-OH is 1. The van der Waals surface area contributed by atoms with Crippen LogP contribution in [0.1, 0.15) is 27.2 Å². The van der Waals surface area contributed by atoms with Gasteiger partial charge in [-0.15, -0.1) is 0 Å². The van der Waals surface area contributed by atoms with Gasteiger partial charge < -0.3 is 14.7 Å². The largest absolute Gasteiger partial charge is 0.444 e. The van der Waals surface area contributed by atoms with E-state index in [1.807, 2.05) is 20.8 Å². The summed E-state index contributed by atoms with van der Waals surface area (Å²) in [6.45, 7) is 6.06. The third-order valence-electron chi connectivity index (χ3n) is 2.30. The van der Waals surface area contributed by atoms with Gasteiger partial charge in [0.05, 0.1) is 12.1 Å². The third-order valence-corrected chi connectivity index (χ3v) is 2.96. The molecule has 0 aromatic heterocycles. The van der Waals surface area contributed by atoms with Crippen LogP contribution in [0.25, 0.3) is 0 Å². The molecule has 1 saturated heterocycles. The van der Waals surface area contributed by atoms with Gasteiger partial charge in [-0.25, -0.2) is 4.79 Å². The van der Waals surface area contributed by atoms with Crippen LogP contribution in [0, 0.1) is 0 Å². The summed E-state index contributed by atoms with van der Waals surface area (Å²) in [6.07, 6.45) is -0.171. The summed E-state index contributed by atoms with van der Waals surface area (Å²) in [5, 5.41) is 10.2. The number of aliphatic hydroxyl groups is 1. The molecule has 1 amide bonds. The minimum atomic E-state index is -0.485. The lowest BCUT2D eigenvalue weighted by Gasteiger charge is -2.28. The van der Waals surface area contributed by atoms with Crippen molar-refractivity contribution in [3.05, 3.63) is 0 Å². The second-order valence-corrected chi connectivity index (χ2v) is 5.40. The standard InChI is InChI=1S/C10H18BrNO3/c1-10(2,3)15-9(14)12-5-4-8(13)7(12)6-11/h7-8,13H,4-6H2,1-3H3/t7-,8+/m1/s1. The highest BCUT2D eigenvalue weighted by Gasteiger charge is 2.37. The topological polar surface area (TPSA) is 49.8 Å². The van der Waals surface area contributed by atoms with Crippen LogP contribution in [-0.4, -0.2) is 45.7 Å². The van der Waals surface area contributed by atoms with E-state index in [1.54, 1.807) is 4.90 Å². The maximum Gasteiger partial charge on any atom is 0.410 e. The van der Waals surface area contributed by atoms with Crippen molar-refractivity contribution in [1.82, 2.24) is 4.90 Å². The van der Waals surface area contributed by atoms with E-state index in [4.69, 9.17) is 4.74 Å². The number of alkyl halides is 1. The Balaban J connectivity index is 2.60. The smallest absolute Gasteiger partial charge is 0.410 e. The van der Waals surface area contributed by atoms with Crippen LogP contribution in [0.3, 0.4) is 0 Å². The fourth-order valence-corrected chi connectivity index (χ4v) is 2.35. The normalized spacial score (nSPS) is 26.9. The minimum absolute atomic E-state index is 0.167. The summed E-state index contributed by atoms with van der Waals surface area (Å²) < 4.78 is 5.26. The van der Waals surface area contributed by atoms with Crippen LogP contribution in [0.15, 0.2) is 0 Å². The number of nitrogens with zero attached hydrogens (tertiary/aromatic N) is 1. The van der Waals surface area contributed by atoms with E-state index in [0.717, 1.165) is 0 Å². The Labute approximate surface area is 98.7 Å². The van der Waals surface area contributed by atoms with Gasteiger partial charge in [0.1, 0.15) is 5.60 Å². The first kappa shape index (κ1) is 12.8. The fourth-order valence-electron chi connectivity index (χ4n) is 1.57. The number of halogens is 1. The Morgan fingerprint density at radius 2 is 2.20 bits per heavy atom. The molecule has 4 nitrogen and oxygen atoms in total. The molecule has 0 saturated carbocycles. The summed E-state index contributed by atoms with van der Waals surface area (Å²) in [5.74, 6) is 0. The Bertz CT molecular complexity index is 239. The zero-order chi connectivity index (χ0) is 11.6. The molecule has 88 valence electrons. The zero-order valence-corrected chi connectivity index (χ0v) is 11.0. The molecule has 0 aliphatic carbocycles. The van der Waals surface area contributed by atoms with Crippen molar-refractivity contribution in [3.8, 4) is 0 Å². The SMILES string of the molecule is CC(C)(C)OC(=O)N1CC[C@H](O)[C@H]1CBr. The van der Waals surface area contributed by atoms with Gasteiger partial charge in [-0.2, -0.15) is 0 Å². The number of hydrogen-bond donors (Lipinski definition) is 1. The van der Waals surface area contributed by atoms with Crippen LogP contribution < -0.4 is 0 Å². The van der Waals surface area contributed by atoms with E-state index < -0.39 is 11.7 Å². The molecule has 0 unspecified atom stereocenters. The molecule has 1 aliphatic heterocycles. The molecule has 1 heterocycles. The number of likely N-dealkylation sites (tertiary alicyclic amines) is 1. The lowest BCUT2D eigenvalue weighted by molar-refractivity contribution is 0.0184. The number of amides is 1. The summed E-state index contributed by atoms with van der Waals surface area (Å²) in [4.78, 5) is 13.3. The Morgan fingerprint density at radius 1 is 1.60 bits per heavy atom. The molecule has 0 radical (unpaired) electrons. The molecule has 2 atom stereocenters. The van der Waals surface area contributed by atoms with Crippen molar-refractivity contribution >= 4 is 22.0 Å². The number of carbonyl (C=O) groups is 1.